The molecule has 0 fully saturated rings. The van der Waals surface area contributed by atoms with E-state index in [2.05, 4.69) is 15.5 Å². The molecule has 0 aliphatic rings. The zero-order chi connectivity index (χ0) is 18.8. The lowest BCUT2D eigenvalue weighted by atomic mass is 10.1. The molecule has 2 aromatic carbocycles. The van der Waals surface area contributed by atoms with Crippen molar-refractivity contribution in [2.75, 3.05) is 0 Å². The minimum atomic E-state index is -0.452. The van der Waals surface area contributed by atoms with E-state index in [1.807, 2.05) is 34.9 Å². The summed E-state index contributed by atoms with van der Waals surface area (Å²) in [5, 5.41) is 11.3. The third-order valence-electron chi connectivity index (χ3n) is 4.18. The highest BCUT2D eigenvalue weighted by Gasteiger charge is 2.13. The summed E-state index contributed by atoms with van der Waals surface area (Å²) in [6.07, 6.45) is 1.86. The monoisotopic (exact) mass is 380 g/mol. The van der Waals surface area contributed by atoms with Crippen molar-refractivity contribution in [2.24, 2.45) is 0 Å². The molecule has 0 spiro atoms. The third kappa shape index (κ3) is 3.39. The van der Waals surface area contributed by atoms with Gasteiger partial charge in [-0.05, 0) is 36.4 Å². The summed E-state index contributed by atoms with van der Waals surface area (Å²) in [5.41, 5.74) is 2.17. The van der Waals surface area contributed by atoms with Crippen molar-refractivity contribution >= 4 is 23.2 Å². The van der Waals surface area contributed by atoms with E-state index in [-0.39, 0.29) is 23.0 Å². The number of hydrogen-bond donors (Lipinski definition) is 1. The molecule has 134 valence electrons. The summed E-state index contributed by atoms with van der Waals surface area (Å²) in [4.78, 5) is 12.5. The Morgan fingerprint density at radius 2 is 1.93 bits per heavy atom. The van der Waals surface area contributed by atoms with E-state index in [1.54, 1.807) is 24.3 Å². The lowest BCUT2D eigenvalue weighted by molar-refractivity contribution is 0.0950. The number of fused-ring (bicyclic) bond motifs is 1. The van der Waals surface area contributed by atoms with Gasteiger partial charge in [-0.1, -0.05) is 35.9 Å². The maximum atomic E-state index is 13.8. The maximum absolute atomic E-state index is 13.8. The number of hydrogen-bond acceptors (Lipinski definition) is 3. The fourth-order valence-electron chi connectivity index (χ4n) is 2.81. The molecule has 7 heteroatoms. The molecule has 0 saturated carbocycles. The molecular weight excluding hydrogens is 367 g/mol. The van der Waals surface area contributed by atoms with Gasteiger partial charge in [-0.15, -0.1) is 10.2 Å². The van der Waals surface area contributed by atoms with Crippen LogP contribution in [-0.4, -0.2) is 20.5 Å². The van der Waals surface area contributed by atoms with Crippen molar-refractivity contribution < 1.29 is 9.18 Å². The SMILES string of the molecule is O=C(NCc1c(F)cccc1Cl)c1cccc(-c2nnc3ccccn23)c1. The van der Waals surface area contributed by atoms with Gasteiger partial charge < -0.3 is 5.32 Å². The fraction of sp³-hybridized carbons (Fsp3) is 0.0500. The van der Waals surface area contributed by atoms with Gasteiger partial charge >= 0.3 is 0 Å². The number of benzene rings is 2. The number of nitrogens with one attached hydrogen (secondary N) is 1. The molecule has 0 atom stereocenters. The van der Waals surface area contributed by atoms with E-state index in [0.29, 0.717) is 11.4 Å². The Bertz CT molecular complexity index is 1120. The average molecular weight is 381 g/mol. The van der Waals surface area contributed by atoms with Crippen LogP contribution in [-0.2, 0) is 6.54 Å². The van der Waals surface area contributed by atoms with Gasteiger partial charge in [0.2, 0.25) is 0 Å². The second-order valence-electron chi connectivity index (χ2n) is 5.92. The highest BCUT2D eigenvalue weighted by atomic mass is 35.5. The molecule has 4 rings (SSSR count). The van der Waals surface area contributed by atoms with Gasteiger partial charge in [0.1, 0.15) is 5.82 Å². The van der Waals surface area contributed by atoms with Gasteiger partial charge in [0.25, 0.3) is 5.91 Å². The number of amides is 1. The van der Waals surface area contributed by atoms with Crippen LogP contribution in [0.4, 0.5) is 4.39 Å². The van der Waals surface area contributed by atoms with E-state index in [9.17, 15) is 9.18 Å². The molecule has 2 aromatic heterocycles. The summed E-state index contributed by atoms with van der Waals surface area (Å²) in [7, 11) is 0. The molecule has 0 saturated heterocycles. The molecule has 2 heterocycles. The molecule has 0 aliphatic heterocycles. The van der Waals surface area contributed by atoms with Crippen LogP contribution in [0.25, 0.3) is 17.0 Å². The first kappa shape index (κ1) is 17.2. The van der Waals surface area contributed by atoms with Crippen molar-refractivity contribution in [3.8, 4) is 11.4 Å². The normalized spacial score (nSPS) is 10.9. The number of carbonyl (C=O) groups excluding carboxylic acids is 1. The summed E-state index contributed by atoms with van der Waals surface area (Å²) >= 11 is 6.00. The molecule has 0 bridgehead atoms. The van der Waals surface area contributed by atoms with Crippen molar-refractivity contribution in [2.45, 2.75) is 6.54 Å². The summed E-state index contributed by atoms with van der Waals surface area (Å²) in [6.45, 7) is 0.00241. The lowest BCUT2D eigenvalue weighted by Crippen LogP contribution is -2.23. The molecule has 0 aliphatic carbocycles. The second-order valence-corrected chi connectivity index (χ2v) is 6.32. The van der Waals surface area contributed by atoms with Gasteiger partial charge in [-0.2, -0.15) is 0 Å². The fourth-order valence-corrected chi connectivity index (χ4v) is 3.04. The van der Waals surface area contributed by atoms with E-state index >= 15 is 0 Å². The van der Waals surface area contributed by atoms with Gasteiger partial charge in [-0.3, -0.25) is 9.20 Å². The zero-order valence-corrected chi connectivity index (χ0v) is 14.8. The number of carbonyl (C=O) groups is 1. The topological polar surface area (TPSA) is 59.3 Å². The molecule has 5 nitrogen and oxygen atoms in total. The smallest absolute Gasteiger partial charge is 0.251 e. The van der Waals surface area contributed by atoms with Crippen LogP contribution in [0.1, 0.15) is 15.9 Å². The molecular formula is C20H14ClFN4O. The predicted molar refractivity (Wildman–Crippen MR) is 101 cm³/mol. The minimum Gasteiger partial charge on any atom is -0.348 e. The van der Waals surface area contributed by atoms with E-state index in [4.69, 9.17) is 11.6 Å². The number of aromatic nitrogens is 3. The van der Waals surface area contributed by atoms with Gasteiger partial charge in [-0.25, -0.2) is 4.39 Å². The number of nitrogens with zero attached hydrogens (tertiary/aromatic N) is 3. The standard InChI is InChI=1S/C20H14ClFN4O/c21-16-7-4-8-17(22)15(16)12-23-20(27)14-6-3-5-13(11-14)19-25-24-18-9-1-2-10-26(18)19/h1-11H,12H2,(H,23,27). The summed E-state index contributed by atoms with van der Waals surface area (Å²) in [6, 6.07) is 17.1. The van der Waals surface area contributed by atoms with Crippen molar-refractivity contribution in [3.63, 3.8) is 0 Å². The van der Waals surface area contributed by atoms with Crippen LogP contribution < -0.4 is 5.32 Å². The first-order valence-electron chi connectivity index (χ1n) is 8.25. The molecule has 0 unspecified atom stereocenters. The lowest BCUT2D eigenvalue weighted by Gasteiger charge is -2.09. The van der Waals surface area contributed by atoms with Crippen molar-refractivity contribution in [3.05, 3.63) is 88.8 Å². The Balaban J connectivity index is 1.58. The minimum absolute atomic E-state index is 0.00241. The third-order valence-corrected chi connectivity index (χ3v) is 4.54. The van der Waals surface area contributed by atoms with E-state index in [0.717, 1.165) is 11.2 Å². The summed E-state index contributed by atoms with van der Waals surface area (Å²) < 4.78 is 15.7. The molecule has 27 heavy (non-hydrogen) atoms. The van der Waals surface area contributed by atoms with E-state index < -0.39 is 5.82 Å². The van der Waals surface area contributed by atoms with Crippen LogP contribution in [0, 0.1) is 5.82 Å². The van der Waals surface area contributed by atoms with Gasteiger partial charge in [0.05, 0.1) is 0 Å². The molecule has 0 radical (unpaired) electrons. The Hall–Kier alpha value is -3.25. The predicted octanol–water partition coefficient (Wildman–Crippen LogP) is 4.12. The Labute approximate surface area is 159 Å². The molecule has 4 aromatic rings. The van der Waals surface area contributed by atoms with Crippen LogP contribution in [0.2, 0.25) is 5.02 Å². The largest absolute Gasteiger partial charge is 0.348 e. The number of halogens is 2. The van der Waals surface area contributed by atoms with Crippen LogP contribution in [0.5, 0.6) is 0 Å². The highest BCUT2D eigenvalue weighted by molar-refractivity contribution is 6.31. The Morgan fingerprint density at radius 3 is 2.78 bits per heavy atom. The molecule has 1 N–H and O–H groups in total. The van der Waals surface area contributed by atoms with Crippen molar-refractivity contribution in [1.29, 1.82) is 0 Å². The quantitative estimate of drug-likeness (QED) is 0.579. The highest BCUT2D eigenvalue weighted by Crippen LogP contribution is 2.21. The van der Waals surface area contributed by atoms with Crippen LogP contribution in [0.15, 0.2) is 66.9 Å². The van der Waals surface area contributed by atoms with Gasteiger partial charge in [0, 0.05) is 34.5 Å². The molecule has 1 amide bonds. The Morgan fingerprint density at radius 1 is 1.07 bits per heavy atom. The maximum Gasteiger partial charge on any atom is 0.251 e. The van der Waals surface area contributed by atoms with Crippen molar-refractivity contribution in [1.82, 2.24) is 19.9 Å². The summed E-state index contributed by atoms with van der Waals surface area (Å²) in [5.74, 6) is -0.145. The Kier molecular flexibility index (Phi) is 4.56. The zero-order valence-electron chi connectivity index (χ0n) is 14.1. The van der Waals surface area contributed by atoms with Crippen LogP contribution >= 0.6 is 11.6 Å². The van der Waals surface area contributed by atoms with E-state index in [1.165, 1.54) is 12.1 Å². The first-order chi connectivity index (χ1) is 13.1. The van der Waals surface area contributed by atoms with Crippen LogP contribution in [0.3, 0.4) is 0 Å². The van der Waals surface area contributed by atoms with Gasteiger partial charge in [0.15, 0.2) is 11.5 Å². The first-order valence-corrected chi connectivity index (χ1v) is 8.62. The number of pyridine rings is 1. The second kappa shape index (κ2) is 7.17. The number of rotatable bonds is 4. The average Bonchev–Trinajstić information content (AvgIpc) is 3.12.